The summed E-state index contributed by atoms with van der Waals surface area (Å²) < 4.78 is 0. The zero-order valence-electron chi connectivity index (χ0n) is 21.2. The zero-order valence-corrected chi connectivity index (χ0v) is 21.2. The van der Waals surface area contributed by atoms with Gasteiger partial charge in [0.05, 0.1) is 6.54 Å². The number of nitrogens with zero attached hydrogens (tertiary/aromatic N) is 3. The molecule has 0 amide bonds. The number of carbonyl (C=O) groups is 1. The molecule has 1 aromatic carbocycles. The first kappa shape index (κ1) is 23.5. The van der Waals surface area contributed by atoms with Gasteiger partial charge in [-0.3, -0.25) is 4.90 Å². The summed E-state index contributed by atoms with van der Waals surface area (Å²) in [4.78, 5) is 19.0. The van der Waals surface area contributed by atoms with Crippen LogP contribution in [0.3, 0.4) is 0 Å². The van der Waals surface area contributed by atoms with E-state index in [-0.39, 0.29) is 5.54 Å². The summed E-state index contributed by atoms with van der Waals surface area (Å²) in [7, 11) is 0. The van der Waals surface area contributed by atoms with Crippen molar-refractivity contribution in [2.24, 2.45) is 0 Å². The molecule has 1 aliphatic carbocycles. The summed E-state index contributed by atoms with van der Waals surface area (Å²) in [5.74, 6) is -0.219. The Kier molecular flexibility index (Phi) is 6.49. The van der Waals surface area contributed by atoms with Gasteiger partial charge in [-0.2, -0.15) is 0 Å². The molecule has 2 fully saturated rings. The van der Waals surface area contributed by atoms with Gasteiger partial charge in [-0.1, -0.05) is 24.6 Å². The summed E-state index contributed by atoms with van der Waals surface area (Å²) in [5, 5.41) is 9.63. The Labute approximate surface area is 205 Å². The molecule has 3 aliphatic heterocycles. The lowest BCUT2D eigenvalue weighted by atomic mass is 9.86. The molecule has 0 unspecified atom stereocenters. The van der Waals surface area contributed by atoms with E-state index >= 15 is 0 Å². The molecular formula is C29H41N3O2. The van der Waals surface area contributed by atoms with Gasteiger partial charge >= 0.3 is 5.97 Å². The fourth-order valence-corrected chi connectivity index (χ4v) is 6.19. The minimum atomic E-state index is -0.844. The average molecular weight is 464 g/mol. The van der Waals surface area contributed by atoms with E-state index in [0.29, 0.717) is 18.2 Å². The molecule has 3 heterocycles. The van der Waals surface area contributed by atoms with E-state index in [4.69, 9.17) is 0 Å². The second-order valence-electron chi connectivity index (χ2n) is 11.7. The van der Waals surface area contributed by atoms with Gasteiger partial charge < -0.3 is 14.9 Å². The SMILES string of the molecule is CC(C)(C)N1CC(N2CCC(c3ccc4c(c3)CCN(C3CCC3)CC4)CC2)=CC=C1C(=O)O. The van der Waals surface area contributed by atoms with Crippen molar-refractivity contribution in [3.05, 3.63) is 58.4 Å². The standard InChI is InChI=1S/C29H41N3O2/c1-29(2,3)32-20-26(9-10-27(32)28(33)34)31-16-12-22(13-17-31)23-8-7-21-11-15-30(25-5-4-6-25)18-14-24(21)19-23/h7-10,19,22,25H,4-6,11-18,20H2,1-3H3,(H,33,34). The van der Waals surface area contributed by atoms with E-state index in [2.05, 4.69) is 48.8 Å². The first-order chi connectivity index (χ1) is 16.3. The average Bonchev–Trinajstić information content (AvgIpc) is 2.99. The van der Waals surface area contributed by atoms with Crippen LogP contribution in [0, 0.1) is 0 Å². The van der Waals surface area contributed by atoms with Crippen molar-refractivity contribution in [1.29, 1.82) is 0 Å². The molecular weight excluding hydrogens is 422 g/mol. The van der Waals surface area contributed by atoms with Gasteiger partial charge in [0, 0.05) is 43.5 Å². The highest BCUT2D eigenvalue weighted by Gasteiger charge is 2.32. The number of hydrogen-bond donors (Lipinski definition) is 1. The molecule has 0 radical (unpaired) electrons. The summed E-state index contributed by atoms with van der Waals surface area (Å²) in [6.07, 6.45) is 12.8. The van der Waals surface area contributed by atoms with Crippen LogP contribution < -0.4 is 0 Å². The van der Waals surface area contributed by atoms with E-state index in [0.717, 1.165) is 32.0 Å². The van der Waals surface area contributed by atoms with Crippen LogP contribution >= 0.6 is 0 Å². The third-order valence-electron chi connectivity index (χ3n) is 8.60. The molecule has 1 aromatic rings. The van der Waals surface area contributed by atoms with Crippen molar-refractivity contribution < 1.29 is 9.90 Å². The van der Waals surface area contributed by atoms with Crippen LogP contribution in [0.5, 0.6) is 0 Å². The van der Waals surface area contributed by atoms with Gasteiger partial charge in [-0.15, -0.1) is 0 Å². The maximum atomic E-state index is 11.7. The van der Waals surface area contributed by atoms with Gasteiger partial charge in [-0.05, 0) is 94.1 Å². The van der Waals surface area contributed by atoms with Gasteiger partial charge in [0.15, 0.2) is 0 Å². The predicted octanol–water partition coefficient (Wildman–Crippen LogP) is 4.79. The van der Waals surface area contributed by atoms with Crippen LogP contribution in [0.4, 0.5) is 0 Å². The van der Waals surface area contributed by atoms with E-state index in [1.54, 1.807) is 17.2 Å². The quantitative estimate of drug-likeness (QED) is 0.696. The Bertz CT molecular complexity index is 978. The maximum Gasteiger partial charge on any atom is 0.352 e. The number of likely N-dealkylation sites (tertiary alicyclic amines) is 1. The zero-order chi connectivity index (χ0) is 23.9. The van der Waals surface area contributed by atoms with Crippen LogP contribution in [0.15, 0.2) is 41.7 Å². The molecule has 0 aromatic heterocycles. The monoisotopic (exact) mass is 463 g/mol. The van der Waals surface area contributed by atoms with Crippen LogP contribution in [-0.4, -0.2) is 70.1 Å². The van der Waals surface area contributed by atoms with Crippen molar-refractivity contribution in [1.82, 2.24) is 14.7 Å². The Morgan fingerprint density at radius 1 is 0.941 bits per heavy atom. The van der Waals surface area contributed by atoms with Crippen LogP contribution in [-0.2, 0) is 17.6 Å². The van der Waals surface area contributed by atoms with Gasteiger partial charge in [0.25, 0.3) is 0 Å². The van der Waals surface area contributed by atoms with Gasteiger partial charge in [0.2, 0.25) is 0 Å². The number of aliphatic carboxylic acids is 1. The Morgan fingerprint density at radius 3 is 2.26 bits per heavy atom. The number of allylic oxidation sites excluding steroid dienone is 2. The Balaban J connectivity index is 1.22. The van der Waals surface area contributed by atoms with Gasteiger partial charge in [0.1, 0.15) is 5.70 Å². The number of fused-ring (bicyclic) bond motifs is 1. The number of carboxylic acid groups (broad SMARTS) is 1. The lowest BCUT2D eigenvalue weighted by Crippen LogP contribution is -2.47. The fourth-order valence-electron chi connectivity index (χ4n) is 6.19. The first-order valence-electron chi connectivity index (χ1n) is 13.3. The van der Waals surface area contributed by atoms with Crippen LogP contribution in [0.2, 0.25) is 0 Å². The van der Waals surface area contributed by atoms with Crippen molar-refractivity contribution >= 4 is 5.97 Å². The normalized spacial score (nSPS) is 23.0. The number of rotatable bonds is 4. The lowest BCUT2D eigenvalue weighted by Gasteiger charge is -2.44. The molecule has 5 rings (SSSR count). The minimum Gasteiger partial charge on any atom is -0.477 e. The van der Waals surface area contributed by atoms with Crippen molar-refractivity contribution in [2.45, 2.75) is 83.2 Å². The predicted molar refractivity (Wildman–Crippen MR) is 137 cm³/mol. The highest BCUT2D eigenvalue weighted by molar-refractivity contribution is 5.86. The molecule has 1 N–H and O–H groups in total. The van der Waals surface area contributed by atoms with Gasteiger partial charge in [-0.25, -0.2) is 4.79 Å². The highest BCUT2D eigenvalue weighted by Crippen LogP contribution is 2.34. The van der Waals surface area contributed by atoms with Crippen molar-refractivity contribution in [2.75, 3.05) is 32.7 Å². The third kappa shape index (κ3) is 4.77. The van der Waals surface area contributed by atoms with Crippen molar-refractivity contribution in [3.63, 3.8) is 0 Å². The Morgan fingerprint density at radius 2 is 1.65 bits per heavy atom. The highest BCUT2D eigenvalue weighted by atomic mass is 16.4. The largest absolute Gasteiger partial charge is 0.477 e. The topological polar surface area (TPSA) is 47.0 Å². The molecule has 0 atom stereocenters. The number of hydrogen-bond acceptors (Lipinski definition) is 4. The third-order valence-corrected chi connectivity index (χ3v) is 8.60. The smallest absolute Gasteiger partial charge is 0.352 e. The van der Waals surface area contributed by atoms with E-state index in [1.807, 2.05) is 11.0 Å². The second kappa shape index (κ2) is 9.41. The maximum absolute atomic E-state index is 11.7. The minimum absolute atomic E-state index is 0.224. The molecule has 5 nitrogen and oxygen atoms in total. The Hall–Kier alpha value is -2.27. The molecule has 1 saturated heterocycles. The number of piperidine rings is 1. The summed E-state index contributed by atoms with van der Waals surface area (Å²) >= 11 is 0. The molecule has 5 heteroatoms. The van der Waals surface area contributed by atoms with Crippen LogP contribution in [0.25, 0.3) is 0 Å². The molecule has 1 saturated carbocycles. The lowest BCUT2D eigenvalue weighted by molar-refractivity contribution is -0.135. The molecule has 0 bridgehead atoms. The molecule has 4 aliphatic rings. The van der Waals surface area contributed by atoms with E-state index in [9.17, 15) is 9.90 Å². The van der Waals surface area contributed by atoms with Crippen molar-refractivity contribution in [3.8, 4) is 0 Å². The molecule has 34 heavy (non-hydrogen) atoms. The van der Waals surface area contributed by atoms with E-state index < -0.39 is 5.97 Å². The molecule has 0 spiro atoms. The summed E-state index contributed by atoms with van der Waals surface area (Å²) in [5.41, 5.74) is 6.10. The summed E-state index contributed by atoms with van der Waals surface area (Å²) in [6.45, 7) is 11.5. The van der Waals surface area contributed by atoms with Crippen LogP contribution in [0.1, 0.15) is 75.5 Å². The summed E-state index contributed by atoms with van der Waals surface area (Å²) in [6, 6.07) is 8.21. The number of carboxylic acids is 1. The molecule has 184 valence electrons. The van der Waals surface area contributed by atoms with E-state index in [1.165, 1.54) is 56.5 Å². The number of benzene rings is 1. The fraction of sp³-hybridized carbons (Fsp3) is 0.621. The second-order valence-corrected chi connectivity index (χ2v) is 11.7. The first-order valence-corrected chi connectivity index (χ1v) is 13.3.